The van der Waals surface area contributed by atoms with E-state index in [1.165, 1.54) is 4.90 Å². The number of hydrogen-bond donors (Lipinski definition) is 1. The van der Waals surface area contributed by atoms with E-state index in [1.807, 2.05) is 6.07 Å². The molecule has 0 bridgehead atoms. The molecule has 2 saturated heterocycles. The number of nitrogens with zero attached hydrogens (tertiary/aromatic N) is 3. The number of fused-ring (bicyclic) bond motifs is 1. The smallest absolute Gasteiger partial charge is 0.408 e. The summed E-state index contributed by atoms with van der Waals surface area (Å²) >= 11 is 0. The predicted molar refractivity (Wildman–Crippen MR) is 135 cm³/mol. The van der Waals surface area contributed by atoms with E-state index >= 15 is 0 Å². The zero-order chi connectivity index (χ0) is 27.1. The molecule has 1 aromatic rings. The minimum atomic E-state index is -0.797. The molecule has 3 aliphatic heterocycles. The van der Waals surface area contributed by atoms with Crippen LogP contribution in [0.4, 0.5) is 10.6 Å². The highest BCUT2D eigenvalue weighted by Crippen LogP contribution is 2.39. The number of rotatable bonds is 4. The van der Waals surface area contributed by atoms with Crippen LogP contribution >= 0.6 is 0 Å². The molecule has 10 heteroatoms. The number of esters is 1. The number of aromatic nitrogens is 1. The fraction of sp³-hybridized carbons (Fsp3) is 0.519. The summed E-state index contributed by atoms with van der Waals surface area (Å²) in [6.45, 7) is 10.9. The first-order valence-corrected chi connectivity index (χ1v) is 12.5. The monoisotopic (exact) mass is 510 g/mol. The molecule has 37 heavy (non-hydrogen) atoms. The Balaban J connectivity index is 1.62. The fourth-order valence-electron chi connectivity index (χ4n) is 4.67. The van der Waals surface area contributed by atoms with Crippen LogP contribution in [0.3, 0.4) is 0 Å². The lowest BCUT2D eigenvalue weighted by atomic mass is 9.83. The summed E-state index contributed by atoms with van der Waals surface area (Å²) < 4.78 is 10.9. The van der Waals surface area contributed by atoms with Crippen LogP contribution in [0, 0.1) is 0 Å². The highest BCUT2D eigenvalue weighted by Gasteiger charge is 2.54. The van der Waals surface area contributed by atoms with E-state index in [2.05, 4.69) is 10.3 Å². The van der Waals surface area contributed by atoms with E-state index in [4.69, 9.17) is 9.47 Å². The van der Waals surface area contributed by atoms with Crippen molar-refractivity contribution in [2.45, 2.75) is 84.1 Å². The Kier molecular flexibility index (Phi) is 6.87. The molecule has 3 amide bonds. The van der Waals surface area contributed by atoms with E-state index < -0.39 is 41.3 Å². The van der Waals surface area contributed by atoms with Gasteiger partial charge in [0.15, 0.2) is 0 Å². The molecule has 10 nitrogen and oxygen atoms in total. The molecule has 1 N–H and O–H groups in total. The highest BCUT2D eigenvalue weighted by molar-refractivity contribution is 6.08. The number of carbonyl (C=O) groups excluding carboxylic acids is 4. The normalized spacial score (nSPS) is 23.1. The number of β-lactam (4-membered cyclic amide) rings is 1. The molecule has 3 aliphatic rings. The lowest BCUT2D eigenvalue weighted by Crippen LogP contribution is -2.72. The minimum Gasteiger partial charge on any atom is -0.455 e. The second-order valence-corrected chi connectivity index (χ2v) is 11.4. The summed E-state index contributed by atoms with van der Waals surface area (Å²) in [5.74, 6) is -0.675. The average Bonchev–Trinajstić information content (AvgIpc) is 3.15. The molecule has 0 radical (unpaired) electrons. The topological polar surface area (TPSA) is 118 Å². The Hall–Kier alpha value is -3.69. The van der Waals surface area contributed by atoms with Crippen molar-refractivity contribution in [3.05, 3.63) is 47.3 Å². The number of anilines is 1. The molecule has 4 rings (SSSR count). The van der Waals surface area contributed by atoms with Gasteiger partial charge in [0.05, 0.1) is 6.04 Å². The number of amides is 3. The fourth-order valence-corrected chi connectivity index (χ4v) is 4.67. The van der Waals surface area contributed by atoms with Crippen LogP contribution in [0.15, 0.2) is 47.3 Å². The van der Waals surface area contributed by atoms with Crippen LogP contribution in [0.25, 0.3) is 0 Å². The number of allylic oxidation sites excluding steroid dienone is 2. The van der Waals surface area contributed by atoms with Gasteiger partial charge in [-0.3, -0.25) is 19.4 Å². The van der Waals surface area contributed by atoms with Crippen LogP contribution in [0.5, 0.6) is 0 Å². The van der Waals surface area contributed by atoms with E-state index in [0.717, 1.165) is 0 Å². The van der Waals surface area contributed by atoms with Gasteiger partial charge in [-0.05, 0) is 84.6 Å². The first-order valence-electron chi connectivity index (χ1n) is 12.5. The van der Waals surface area contributed by atoms with Gasteiger partial charge in [0, 0.05) is 18.3 Å². The first-order chi connectivity index (χ1) is 17.2. The standard InChI is InChI=1S/C27H34N4O6/c1-26(2,3)36-24(34)21-16(15-17-12-14-30(22(17)32)19-9-7-8-13-28-19)10-11-18-20(23(33)31(18)21)29-25(35)37-27(4,5)6/h7-9,13,15,18,20H,10-12,14H2,1-6H3,(H,29,35)/t18-,20+/m1/s1. The Bertz CT molecular complexity index is 1180. The first kappa shape index (κ1) is 26.4. The van der Waals surface area contributed by atoms with Crippen molar-refractivity contribution < 1.29 is 28.7 Å². The third kappa shape index (κ3) is 5.68. The van der Waals surface area contributed by atoms with Crippen molar-refractivity contribution >= 4 is 29.7 Å². The Labute approximate surface area is 216 Å². The van der Waals surface area contributed by atoms with Crippen molar-refractivity contribution in [1.82, 2.24) is 15.2 Å². The zero-order valence-electron chi connectivity index (χ0n) is 22.2. The van der Waals surface area contributed by atoms with Gasteiger partial charge >= 0.3 is 12.1 Å². The molecule has 2 atom stereocenters. The van der Waals surface area contributed by atoms with E-state index in [1.54, 1.807) is 70.8 Å². The van der Waals surface area contributed by atoms with Gasteiger partial charge in [-0.2, -0.15) is 0 Å². The summed E-state index contributed by atoms with van der Waals surface area (Å²) in [5.41, 5.74) is -0.260. The molecule has 0 unspecified atom stereocenters. The summed E-state index contributed by atoms with van der Waals surface area (Å²) in [6.07, 6.45) is 4.09. The number of alkyl carbamates (subject to hydrolysis) is 1. The van der Waals surface area contributed by atoms with Gasteiger partial charge in [-0.25, -0.2) is 14.6 Å². The predicted octanol–water partition coefficient (Wildman–Crippen LogP) is 3.24. The SMILES string of the molecule is CC(C)(C)OC(=O)N[C@@H]1C(=O)N2C(C(=O)OC(C)(C)C)=C(C=C3CCN(c4ccccn4)C3=O)CC[C@H]12. The maximum absolute atomic E-state index is 13.3. The van der Waals surface area contributed by atoms with Gasteiger partial charge in [-0.1, -0.05) is 6.07 Å². The van der Waals surface area contributed by atoms with Crippen molar-refractivity contribution in [2.75, 3.05) is 11.4 Å². The zero-order valence-corrected chi connectivity index (χ0v) is 22.2. The summed E-state index contributed by atoms with van der Waals surface area (Å²) in [6, 6.07) is 4.17. The number of hydrogen-bond acceptors (Lipinski definition) is 7. The largest absolute Gasteiger partial charge is 0.455 e. The van der Waals surface area contributed by atoms with Crippen LogP contribution in [-0.4, -0.2) is 63.6 Å². The molecule has 0 aromatic carbocycles. The third-order valence-corrected chi connectivity index (χ3v) is 6.14. The number of nitrogens with one attached hydrogen (secondary N) is 1. The summed E-state index contributed by atoms with van der Waals surface area (Å²) in [5, 5.41) is 2.64. The molecule has 4 heterocycles. The maximum atomic E-state index is 13.3. The van der Waals surface area contributed by atoms with Gasteiger partial charge in [0.25, 0.3) is 11.8 Å². The molecule has 1 aromatic heterocycles. The molecule has 0 spiro atoms. The quantitative estimate of drug-likeness (QED) is 0.375. The molecule has 0 aliphatic carbocycles. The Morgan fingerprint density at radius 2 is 1.76 bits per heavy atom. The minimum absolute atomic E-state index is 0.120. The van der Waals surface area contributed by atoms with Crippen LogP contribution < -0.4 is 10.2 Å². The van der Waals surface area contributed by atoms with E-state index in [9.17, 15) is 19.2 Å². The molecule has 0 saturated carbocycles. The number of ether oxygens (including phenoxy) is 2. The van der Waals surface area contributed by atoms with Gasteiger partial charge in [0.1, 0.15) is 28.8 Å². The van der Waals surface area contributed by atoms with Crippen molar-refractivity contribution in [3.63, 3.8) is 0 Å². The third-order valence-electron chi connectivity index (χ3n) is 6.14. The maximum Gasteiger partial charge on any atom is 0.408 e. The second-order valence-electron chi connectivity index (χ2n) is 11.4. The van der Waals surface area contributed by atoms with E-state index in [0.29, 0.717) is 42.8 Å². The average molecular weight is 511 g/mol. The number of carbonyl (C=O) groups is 4. The summed E-state index contributed by atoms with van der Waals surface area (Å²) in [4.78, 5) is 59.2. The molecule has 2 fully saturated rings. The lowest BCUT2D eigenvalue weighted by Gasteiger charge is -2.50. The van der Waals surface area contributed by atoms with Gasteiger partial charge in [0.2, 0.25) is 0 Å². The van der Waals surface area contributed by atoms with E-state index in [-0.39, 0.29) is 11.6 Å². The summed E-state index contributed by atoms with van der Waals surface area (Å²) in [7, 11) is 0. The van der Waals surface area contributed by atoms with Crippen molar-refractivity contribution in [3.8, 4) is 0 Å². The Morgan fingerprint density at radius 1 is 1.05 bits per heavy atom. The van der Waals surface area contributed by atoms with Gasteiger partial charge in [-0.15, -0.1) is 0 Å². The molecule has 198 valence electrons. The molecular weight excluding hydrogens is 476 g/mol. The van der Waals surface area contributed by atoms with Crippen molar-refractivity contribution in [1.29, 1.82) is 0 Å². The van der Waals surface area contributed by atoms with Crippen LogP contribution in [0.1, 0.15) is 60.8 Å². The van der Waals surface area contributed by atoms with Crippen LogP contribution in [0.2, 0.25) is 0 Å². The van der Waals surface area contributed by atoms with Crippen LogP contribution in [-0.2, 0) is 23.9 Å². The molecular formula is C27H34N4O6. The highest BCUT2D eigenvalue weighted by atomic mass is 16.6. The van der Waals surface area contributed by atoms with Gasteiger partial charge < -0.3 is 14.8 Å². The Morgan fingerprint density at radius 3 is 2.38 bits per heavy atom. The second kappa shape index (κ2) is 9.64. The lowest BCUT2D eigenvalue weighted by molar-refractivity contribution is -0.161. The number of pyridine rings is 1. The van der Waals surface area contributed by atoms with Crippen molar-refractivity contribution in [2.24, 2.45) is 0 Å².